The quantitative estimate of drug-likeness (QED) is 0.755. The second kappa shape index (κ2) is 6.38. The van der Waals surface area contributed by atoms with Gasteiger partial charge < -0.3 is 15.2 Å². The third-order valence-electron chi connectivity index (χ3n) is 2.20. The molecule has 17 heavy (non-hydrogen) atoms. The molecule has 1 aromatic carbocycles. The van der Waals surface area contributed by atoms with Gasteiger partial charge in [0.2, 0.25) is 0 Å². The highest BCUT2D eigenvalue weighted by molar-refractivity contribution is 5.97. The lowest BCUT2D eigenvalue weighted by molar-refractivity contribution is 0.0950. The second-order valence-electron chi connectivity index (χ2n) is 3.40. The molecule has 0 radical (unpaired) electrons. The molecule has 0 aromatic heterocycles. The molecular formula is C12H14N2O3. The van der Waals surface area contributed by atoms with Crippen LogP contribution < -0.4 is 10.1 Å². The monoisotopic (exact) mass is 234 g/mol. The first-order valence-electron chi connectivity index (χ1n) is 5.21. The zero-order valence-electron chi connectivity index (χ0n) is 9.56. The van der Waals surface area contributed by atoms with Gasteiger partial charge in [0.05, 0.1) is 18.7 Å². The molecule has 0 spiro atoms. The molecule has 0 saturated carbocycles. The fraction of sp³-hybridized carbons (Fsp3) is 0.333. The SMILES string of the molecule is COc1ccc(O)c(C(=O)NCCCC#N)c1. The summed E-state index contributed by atoms with van der Waals surface area (Å²) in [5.74, 6) is 0.0351. The summed E-state index contributed by atoms with van der Waals surface area (Å²) in [6.45, 7) is 0.406. The summed E-state index contributed by atoms with van der Waals surface area (Å²) in [5, 5.41) is 20.5. The number of hydrogen-bond donors (Lipinski definition) is 2. The lowest BCUT2D eigenvalue weighted by atomic mass is 10.1. The van der Waals surface area contributed by atoms with E-state index in [-0.39, 0.29) is 17.2 Å². The van der Waals surface area contributed by atoms with E-state index in [1.54, 1.807) is 6.07 Å². The van der Waals surface area contributed by atoms with E-state index >= 15 is 0 Å². The number of phenols is 1. The fourth-order valence-electron chi connectivity index (χ4n) is 1.29. The Morgan fingerprint density at radius 3 is 3.00 bits per heavy atom. The van der Waals surface area contributed by atoms with Crippen molar-refractivity contribution >= 4 is 5.91 Å². The first kappa shape index (κ1) is 12.8. The maximum atomic E-state index is 11.7. The van der Waals surface area contributed by atoms with Gasteiger partial charge in [0, 0.05) is 13.0 Å². The van der Waals surface area contributed by atoms with Crippen LogP contribution in [0.4, 0.5) is 0 Å². The topological polar surface area (TPSA) is 82.3 Å². The highest BCUT2D eigenvalue weighted by atomic mass is 16.5. The Balaban J connectivity index is 2.65. The molecule has 2 N–H and O–H groups in total. The van der Waals surface area contributed by atoms with Gasteiger partial charge >= 0.3 is 0 Å². The molecule has 0 aliphatic carbocycles. The molecule has 1 amide bonds. The minimum Gasteiger partial charge on any atom is -0.507 e. The number of hydrogen-bond acceptors (Lipinski definition) is 4. The van der Waals surface area contributed by atoms with Crippen molar-refractivity contribution in [2.75, 3.05) is 13.7 Å². The smallest absolute Gasteiger partial charge is 0.255 e. The molecule has 0 heterocycles. The van der Waals surface area contributed by atoms with Crippen molar-refractivity contribution in [2.24, 2.45) is 0 Å². The van der Waals surface area contributed by atoms with Crippen LogP contribution in [-0.2, 0) is 0 Å². The van der Waals surface area contributed by atoms with Crippen LogP contribution in [0, 0.1) is 11.3 Å². The maximum absolute atomic E-state index is 11.7. The van der Waals surface area contributed by atoms with Crippen LogP contribution in [0.15, 0.2) is 18.2 Å². The minimum absolute atomic E-state index is 0.0939. The lowest BCUT2D eigenvalue weighted by Gasteiger charge is -2.07. The van der Waals surface area contributed by atoms with E-state index in [9.17, 15) is 9.90 Å². The summed E-state index contributed by atoms with van der Waals surface area (Å²) < 4.78 is 4.97. The average molecular weight is 234 g/mol. The van der Waals surface area contributed by atoms with Crippen molar-refractivity contribution in [1.29, 1.82) is 5.26 Å². The van der Waals surface area contributed by atoms with Crippen LogP contribution in [0.3, 0.4) is 0 Å². The van der Waals surface area contributed by atoms with Gasteiger partial charge in [-0.2, -0.15) is 5.26 Å². The summed E-state index contributed by atoms with van der Waals surface area (Å²) >= 11 is 0. The second-order valence-corrected chi connectivity index (χ2v) is 3.40. The third-order valence-corrected chi connectivity index (χ3v) is 2.20. The Kier molecular flexibility index (Phi) is 4.82. The molecule has 90 valence electrons. The van der Waals surface area contributed by atoms with Crippen molar-refractivity contribution in [2.45, 2.75) is 12.8 Å². The van der Waals surface area contributed by atoms with Crippen LogP contribution in [0.2, 0.25) is 0 Å². The Morgan fingerprint density at radius 1 is 1.59 bits per heavy atom. The van der Waals surface area contributed by atoms with Crippen molar-refractivity contribution in [3.63, 3.8) is 0 Å². The van der Waals surface area contributed by atoms with E-state index in [0.717, 1.165) is 0 Å². The zero-order chi connectivity index (χ0) is 12.7. The van der Waals surface area contributed by atoms with Gasteiger partial charge in [0.25, 0.3) is 5.91 Å². The van der Waals surface area contributed by atoms with Crippen LogP contribution >= 0.6 is 0 Å². The molecule has 0 fully saturated rings. The van der Waals surface area contributed by atoms with Crippen molar-refractivity contribution in [3.05, 3.63) is 23.8 Å². The number of benzene rings is 1. The average Bonchev–Trinajstić information content (AvgIpc) is 2.35. The summed E-state index contributed by atoms with van der Waals surface area (Å²) in [5.41, 5.74) is 0.168. The van der Waals surface area contributed by atoms with Crippen molar-refractivity contribution in [3.8, 4) is 17.6 Å². The molecule has 5 nitrogen and oxygen atoms in total. The molecule has 0 atom stereocenters. The zero-order valence-corrected chi connectivity index (χ0v) is 9.56. The molecule has 5 heteroatoms. The Hall–Kier alpha value is -2.22. The Labute approximate surface area is 99.6 Å². The molecule has 0 saturated heterocycles. The van der Waals surface area contributed by atoms with E-state index in [0.29, 0.717) is 25.1 Å². The molecule has 1 rings (SSSR count). The minimum atomic E-state index is -0.376. The first-order valence-corrected chi connectivity index (χ1v) is 5.21. The molecule has 0 aliphatic heterocycles. The number of carbonyl (C=O) groups excluding carboxylic acids is 1. The van der Waals surface area contributed by atoms with Crippen molar-refractivity contribution < 1.29 is 14.6 Å². The van der Waals surface area contributed by atoms with Gasteiger partial charge in [-0.05, 0) is 24.6 Å². The number of ether oxygens (including phenoxy) is 1. The van der Waals surface area contributed by atoms with Crippen LogP contribution in [-0.4, -0.2) is 24.7 Å². The molecule has 1 aromatic rings. The molecule has 0 aliphatic rings. The Bertz CT molecular complexity index is 438. The maximum Gasteiger partial charge on any atom is 0.255 e. The van der Waals surface area contributed by atoms with Gasteiger partial charge in [-0.1, -0.05) is 0 Å². The summed E-state index contributed by atoms with van der Waals surface area (Å²) in [6.07, 6.45) is 0.983. The molecule has 0 bridgehead atoms. The standard InChI is InChI=1S/C12H14N2O3/c1-17-9-4-5-11(15)10(8-9)12(16)14-7-3-2-6-13/h4-5,8,15H,2-3,7H2,1H3,(H,14,16). The fourth-order valence-corrected chi connectivity index (χ4v) is 1.29. The van der Waals surface area contributed by atoms with Gasteiger partial charge in [0.15, 0.2) is 0 Å². The largest absolute Gasteiger partial charge is 0.507 e. The number of nitriles is 1. The number of nitrogens with one attached hydrogen (secondary N) is 1. The summed E-state index contributed by atoms with van der Waals surface area (Å²) in [6, 6.07) is 6.43. The highest BCUT2D eigenvalue weighted by Crippen LogP contribution is 2.22. The lowest BCUT2D eigenvalue weighted by Crippen LogP contribution is -2.24. The number of carbonyl (C=O) groups is 1. The normalized spacial score (nSPS) is 9.41. The van der Waals surface area contributed by atoms with E-state index in [4.69, 9.17) is 10.00 Å². The van der Waals surface area contributed by atoms with E-state index in [1.165, 1.54) is 19.2 Å². The number of nitrogens with zero attached hydrogens (tertiary/aromatic N) is 1. The van der Waals surface area contributed by atoms with Crippen LogP contribution in [0.1, 0.15) is 23.2 Å². The highest BCUT2D eigenvalue weighted by Gasteiger charge is 2.11. The van der Waals surface area contributed by atoms with E-state index in [2.05, 4.69) is 5.32 Å². The van der Waals surface area contributed by atoms with Crippen LogP contribution in [0.5, 0.6) is 11.5 Å². The number of phenolic OH excluding ortho intramolecular Hbond substituents is 1. The number of unbranched alkanes of at least 4 members (excludes halogenated alkanes) is 1. The number of amides is 1. The summed E-state index contributed by atoms with van der Waals surface area (Å²) in [7, 11) is 1.49. The van der Waals surface area contributed by atoms with Gasteiger partial charge in [-0.3, -0.25) is 4.79 Å². The predicted molar refractivity (Wildman–Crippen MR) is 61.8 cm³/mol. The third kappa shape index (κ3) is 3.68. The summed E-state index contributed by atoms with van der Waals surface area (Å²) in [4.78, 5) is 11.7. The number of rotatable bonds is 5. The van der Waals surface area contributed by atoms with Crippen molar-refractivity contribution in [1.82, 2.24) is 5.32 Å². The van der Waals surface area contributed by atoms with Gasteiger partial charge in [-0.25, -0.2) is 0 Å². The molecule has 0 unspecified atom stereocenters. The van der Waals surface area contributed by atoms with Gasteiger partial charge in [0.1, 0.15) is 11.5 Å². The Morgan fingerprint density at radius 2 is 2.35 bits per heavy atom. The van der Waals surface area contributed by atoms with E-state index in [1.807, 2.05) is 6.07 Å². The van der Waals surface area contributed by atoms with Gasteiger partial charge in [-0.15, -0.1) is 0 Å². The first-order chi connectivity index (χ1) is 8.19. The molecular weight excluding hydrogens is 220 g/mol. The number of aromatic hydroxyl groups is 1. The predicted octanol–water partition coefficient (Wildman–Crippen LogP) is 1.43. The van der Waals surface area contributed by atoms with E-state index < -0.39 is 0 Å². The number of methoxy groups -OCH3 is 1. The van der Waals surface area contributed by atoms with Crippen LogP contribution in [0.25, 0.3) is 0 Å².